The van der Waals surface area contributed by atoms with Crippen molar-refractivity contribution in [2.45, 2.75) is 6.18 Å². The number of hydrogen-bond acceptors (Lipinski definition) is 3. The van der Waals surface area contributed by atoms with Gasteiger partial charge in [-0.05, 0) is 12.1 Å². The van der Waals surface area contributed by atoms with Gasteiger partial charge in [-0.1, -0.05) is 6.07 Å². The second-order valence-corrected chi connectivity index (χ2v) is 6.91. The number of sulfone groups is 1. The third-order valence-electron chi connectivity index (χ3n) is 3.17. The summed E-state index contributed by atoms with van der Waals surface area (Å²) in [5, 5.41) is 0. The molecule has 1 aliphatic heterocycles. The van der Waals surface area contributed by atoms with Crippen molar-refractivity contribution < 1.29 is 30.8 Å². The first-order chi connectivity index (χ1) is 9.62. The number of amides is 1. The van der Waals surface area contributed by atoms with Crippen molar-refractivity contribution in [3.05, 3.63) is 35.1 Å². The molecule has 0 radical (unpaired) electrons. The zero-order valence-corrected chi connectivity index (χ0v) is 11.5. The van der Waals surface area contributed by atoms with Gasteiger partial charge in [0.05, 0.1) is 22.6 Å². The zero-order valence-electron chi connectivity index (χ0n) is 10.7. The summed E-state index contributed by atoms with van der Waals surface area (Å²) in [6, 6.07) is 2.45. The van der Waals surface area contributed by atoms with E-state index in [1.54, 1.807) is 0 Å². The Kier molecular flexibility index (Phi) is 3.96. The van der Waals surface area contributed by atoms with Gasteiger partial charge in [0.1, 0.15) is 5.82 Å². The van der Waals surface area contributed by atoms with E-state index in [0.717, 1.165) is 17.0 Å². The molecule has 2 rings (SSSR count). The second kappa shape index (κ2) is 5.28. The first kappa shape index (κ1) is 15.7. The van der Waals surface area contributed by atoms with Gasteiger partial charge in [-0.15, -0.1) is 0 Å². The van der Waals surface area contributed by atoms with Gasteiger partial charge < -0.3 is 4.90 Å². The quantitative estimate of drug-likeness (QED) is 0.739. The van der Waals surface area contributed by atoms with E-state index in [1.165, 1.54) is 0 Å². The van der Waals surface area contributed by atoms with Gasteiger partial charge in [-0.2, -0.15) is 13.2 Å². The van der Waals surface area contributed by atoms with Crippen LogP contribution in [0.3, 0.4) is 0 Å². The summed E-state index contributed by atoms with van der Waals surface area (Å²) in [5.41, 5.74) is -2.22. The van der Waals surface area contributed by atoms with Crippen LogP contribution in [-0.2, 0) is 16.0 Å². The number of benzene rings is 1. The molecule has 1 aliphatic rings. The Labute approximate surface area is 118 Å². The summed E-state index contributed by atoms with van der Waals surface area (Å²) in [7, 11) is -3.24. The molecular formula is C12H11F4NO3S. The molecule has 1 heterocycles. The van der Waals surface area contributed by atoms with Gasteiger partial charge in [0.25, 0.3) is 5.91 Å². The highest BCUT2D eigenvalue weighted by molar-refractivity contribution is 7.91. The Hall–Kier alpha value is -1.64. The summed E-state index contributed by atoms with van der Waals surface area (Å²) in [6.45, 7) is -0.312. The lowest BCUT2D eigenvalue weighted by Crippen LogP contribution is -2.44. The molecular weight excluding hydrogens is 314 g/mol. The zero-order chi connectivity index (χ0) is 15.8. The third kappa shape index (κ3) is 3.34. The molecule has 0 saturated carbocycles. The SMILES string of the molecule is O=C(c1cccc(C(F)(F)F)c1F)N1CCS(=O)(=O)CC1. The highest BCUT2D eigenvalue weighted by atomic mass is 32.2. The minimum absolute atomic E-state index is 0.156. The molecule has 4 nitrogen and oxygen atoms in total. The number of alkyl halides is 3. The number of carbonyl (C=O) groups excluding carboxylic acids is 1. The van der Waals surface area contributed by atoms with Crippen LogP contribution < -0.4 is 0 Å². The smallest absolute Gasteiger partial charge is 0.337 e. The Bertz CT molecular complexity index is 656. The van der Waals surface area contributed by atoms with E-state index in [-0.39, 0.29) is 24.6 Å². The van der Waals surface area contributed by atoms with Crippen LogP contribution >= 0.6 is 0 Å². The van der Waals surface area contributed by atoms with Crippen LogP contribution in [0, 0.1) is 5.82 Å². The predicted octanol–water partition coefficient (Wildman–Crippen LogP) is 1.72. The summed E-state index contributed by atoms with van der Waals surface area (Å²) >= 11 is 0. The van der Waals surface area contributed by atoms with Gasteiger partial charge in [0.2, 0.25) is 0 Å². The van der Waals surface area contributed by atoms with Crippen LogP contribution in [0.25, 0.3) is 0 Å². The lowest BCUT2D eigenvalue weighted by Gasteiger charge is -2.27. The van der Waals surface area contributed by atoms with Crippen molar-refractivity contribution in [3.63, 3.8) is 0 Å². The van der Waals surface area contributed by atoms with E-state index in [4.69, 9.17) is 0 Å². The molecule has 1 fully saturated rings. The monoisotopic (exact) mass is 325 g/mol. The highest BCUT2D eigenvalue weighted by Gasteiger charge is 2.36. The molecule has 0 atom stereocenters. The van der Waals surface area contributed by atoms with Crippen molar-refractivity contribution in [2.24, 2.45) is 0 Å². The van der Waals surface area contributed by atoms with Gasteiger partial charge in [-0.25, -0.2) is 12.8 Å². The number of rotatable bonds is 1. The highest BCUT2D eigenvalue weighted by Crippen LogP contribution is 2.32. The van der Waals surface area contributed by atoms with E-state index in [0.29, 0.717) is 6.07 Å². The topological polar surface area (TPSA) is 54.5 Å². The Morgan fingerprint density at radius 3 is 2.24 bits per heavy atom. The van der Waals surface area contributed by atoms with Crippen LogP contribution in [0.1, 0.15) is 15.9 Å². The van der Waals surface area contributed by atoms with E-state index in [2.05, 4.69) is 0 Å². The van der Waals surface area contributed by atoms with Gasteiger partial charge in [0.15, 0.2) is 9.84 Å². The maximum Gasteiger partial charge on any atom is 0.419 e. The van der Waals surface area contributed by atoms with E-state index in [1.807, 2.05) is 0 Å². The van der Waals surface area contributed by atoms with E-state index >= 15 is 0 Å². The molecule has 0 aliphatic carbocycles. The normalized spacial score (nSPS) is 18.6. The van der Waals surface area contributed by atoms with Crippen molar-refractivity contribution in [1.82, 2.24) is 4.90 Å². The molecule has 0 N–H and O–H groups in total. The predicted molar refractivity (Wildman–Crippen MR) is 66.0 cm³/mol. The Morgan fingerprint density at radius 1 is 1.14 bits per heavy atom. The average molecular weight is 325 g/mol. The summed E-state index contributed by atoms with van der Waals surface area (Å²) in [4.78, 5) is 13.1. The van der Waals surface area contributed by atoms with Crippen LogP contribution in [0.15, 0.2) is 18.2 Å². The van der Waals surface area contributed by atoms with Crippen molar-refractivity contribution in [1.29, 1.82) is 0 Å². The molecule has 1 aromatic carbocycles. The average Bonchev–Trinajstić information content (AvgIpc) is 2.37. The van der Waals surface area contributed by atoms with Gasteiger partial charge in [0, 0.05) is 13.1 Å². The number of hydrogen-bond donors (Lipinski definition) is 0. The summed E-state index contributed by atoms with van der Waals surface area (Å²) in [6.07, 6.45) is -4.90. The Morgan fingerprint density at radius 2 is 1.71 bits per heavy atom. The maximum absolute atomic E-state index is 13.8. The van der Waals surface area contributed by atoms with E-state index in [9.17, 15) is 30.8 Å². The number of nitrogens with zero attached hydrogens (tertiary/aromatic N) is 1. The molecule has 1 saturated heterocycles. The molecule has 21 heavy (non-hydrogen) atoms. The first-order valence-corrected chi connectivity index (χ1v) is 7.79. The minimum Gasteiger partial charge on any atom is -0.337 e. The lowest BCUT2D eigenvalue weighted by atomic mass is 10.1. The Balaban J connectivity index is 2.29. The fourth-order valence-corrected chi connectivity index (χ4v) is 3.20. The number of carbonyl (C=O) groups is 1. The third-order valence-corrected chi connectivity index (χ3v) is 4.78. The van der Waals surface area contributed by atoms with Crippen molar-refractivity contribution in [2.75, 3.05) is 24.6 Å². The fraction of sp³-hybridized carbons (Fsp3) is 0.417. The first-order valence-electron chi connectivity index (χ1n) is 5.97. The molecule has 0 spiro atoms. The molecule has 0 bridgehead atoms. The van der Waals surface area contributed by atoms with Crippen LogP contribution in [0.4, 0.5) is 17.6 Å². The molecule has 116 valence electrons. The molecule has 9 heteroatoms. The largest absolute Gasteiger partial charge is 0.419 e. The molecule has 1 aromatic rings. The van der Waals surface area contributed by atoms with Crippen LogP contribution in [0.5, 0.6) is 0 Å². The van der Waals surface area contributed by atoms with Crippen molar-refractivity contribution >= 4 is 15.7 Å². The molecule has 0 aromatic heterocycles. The van der Waals surface area contributed by atoms with Gasteiger partial charge >= 0.3 is 6.18 Å². The number of halogens is 4. The van der Waals surface area contributed by atoms with Crippen LogP contribution in [0.2, 0.25) is 0 Å². The van der Waals surface area contributed by atoms with Crippen molar-refractivity contribution in [3.8, 4) is 0 Å². The minimum atomic E-state index is -4.90. The lowest BCUT2D eigenvalue weighted by molar-refractivity contribution is -0.140. The fourth-order valence-electron chi connectivity index (χ4n) is 2.00. The van der Waals surface area contributed by atoms with E-state index < -0.39 is 38.9 Å². The summed E-state index contributed by atoms with van der Waals surface area (Å²) in [5.74, 6) is -3.13. The molecule has 0 unspecified atom stereocenters. The maximum atomic E-state index is 13.8. The van der Waals surface area contributed by atoms with Gasteiger partial charge in [-0.3, -0.25) is 4.79 Å². The standard InChI is InChI=1S/C12H11F4NO3S/c13-10-8(2-1-3-9(10)12(14,15)16)11(18)17-4-6-21(19,20)7-5-17/h1-3H,4-7H2. The summed E-state index contributed by atoms with van der Waals surface area (Å²) < 4.78 is 74.1. The van der Waals surface area contributed by atoms with Crippen LogP contribution in [-0.4, -0.2) is 43.8 Å². The molecule has 1 amide bonds. The second-order valence-electron chi connectivity index (χ2n) is 4.61.